The van der Waals surface area contributed by atoms with Crippen LogP contribution in [0.3, 0.4) is 0 Å². The number of rotatable bonds is 2. The molecule has 1 aromatic heterocycles. The number of H-pyrrole nitrogens is 1. The van der Waals surface area contributed by atoms with Gasteiger partial charge in [-0.25, -0.2) is 4.98 Å². The van der Waals surface area contributed by atoms with Gasteiger partial charge in [0.15, 0.2) is 0 Å². The Bertz CT molecular complexity index is 394. The first-order valence-electron chi connectivity index (χ1n) is 4.82. The van der Waals surface area contributed by atoms with Gasteiger partial charge in [0.1, 0.15) is 9.39 Å². The molecule has 1 atom stereocenters. The second kappa shape index (κ2) is 4.51. The van der Waals surface area contributed by atoms with Crippen molar-refractivity contribution in [1.82, 2.24) is 9.97 Å². The summed E-state index contributed by atoms with van der Waals surface area (Å²) in [6.45, 7) is 8.51. The molecule has 0 saturated carbocycles. The van der Waals surface area contributed by atoms with E-state index in [4.69, 9.17) is 0 Å². The monoisotopic (exact) mass is 321 g/mol. The van der Waals surface area contributed by atoms with Gasteiger partial charge < -0.3 is 10.3 Å². The van der Waals surface area contributed by atoms with Crippen LogP contribution in [0.1, 0.15) is 27.7 Å². The summed E-state index contributed by atoms with van der Waals surface area (Å²) < 4.78 is 0.603. The minimum Gasteiger partial charge on any atom is -0.366 e. The lowest BCUT2D eigenvalue weighted by molar-refractivity contribution is 0.358. The van der Waals surface area contributed by atoms with Gasteiger partial charge in [-0.1, -0.05) is 20.8 Å². The van der Waals surface area contributed by atoms with Crippen molar-refractivity contribution in [2.24, 2.45) is 5.41 Å². The highest BCUT2D eigenvalue weighted by Gasteiger charge is 2.21. The maximum absolute atomic E-state index is 11.3. The van der Waals surface area contributed by atoms with Crippen molar-refractivity contribution in [1.29, 1.82) is 0 Å². The molecule has 84 valence electrons. The van der Waals surface area contributed by atoms with Crippen LogP contribution in [0.15, 0.2) is 11.1 Å². The molecule has 0 amide bonds. The van der Waals surface area contributed by atoms with E-state index in [1.165, 1.54) is 6.33 Å². The number of nitrogens with zero attached hydrogens (tertiary/aromatic N) is 1. The molecular formula is C10H16IN3O. The number of hydrogen-bond acceptors (Lipinski definition) is 3. The molecule has 0 spiro atoms. The van der Waals surface area contributed by atoms with Crippen LogP contribution >= 0.6 is 22.6 Å². The Balaban J connectivity index is 2.91. The van der Waals surface area contributed by atoms with Crippen LogP contribution in [-0.2, 0) is 0 Å². The first-order chi connectivity index (χ1) is 6.82. The van der Waals surface area contributed by atoms with Gasteiger partial charge in [-0.3, -0.25) is 4.79 Å². The number of aromatic nitrogens is 2. The summed E-state index contributed by atoms with van der Waals surface area (Å²) >= 11 is 2.00. The first-order valence-corrected chi connectivity index (χ1v) is 5.90. The van der Waals surface area contributed by atoms with Crippen LogP contribution in [0.5, 0.6) is 0 Å². The van der Waals surface area contributed by atoms with Gasteiger partial charge in [-0.05, 0) is 34.9 Å². The highest BCUT2D eigenvalue weighted by Crippen LogP contribution is 2.22. The zero-order valence-electron chi connectivity index (χ0n) is 9.39. The summed E-state index contributed by atoms with van der Waals surface area (Å²) in [6.07, 6.45) is 1.42. The molecule has 1 aromatic rings. The predicted molar refractivity (Wildman–Crippen MR) is 70.1 cm³/mol. The number of halogens is 1. The molecule has 5 heteroatoms. The number of hydrogen-bond donors (Lipinski definition) is 2. The van der Waals surface area contributed by atoms with Crippen LogP contribution in [0.2, 0.25) is 0 Å². The van der Waals surface area contributed by atoms with E-state index in [1.807, 2.05) is 22.6 Å². The Labute approximate surface area is 103 Å². The van der Waals surface area contributed by atoms with Crippen molar-refractivity contribution in [3.63, 3.8) is 0 Å². The highest BCUT2D eigenvalue weighted by molar-refractivity contribution is 14.1. The van der Waals surface area contributed by atoms with E-state index >= 15 is 0 Å². The smallest absolute Gasteiger partial charge is 0.266 e. The van der Waals surface area contributed by atoms with Crippen molar-refractivity contribution >= 4 is 28.4 Å². The van der Waals surface area contributed by atoms with E-state index in [-0.39, 0.29) is 17.0 Å². The van der Waals surface area contributed by atoms with Gasteiger partial charge in [-0.15, -0.1) is 0 Å². The minimum absolute atomic E-state index is 0.103. The second-order valence-electron chi connectivity index (χ2n) is 4.63. The second-order valence-corrected chi connectivity index (χ2v) is 5.71. The van der Waals surface area contributed by atoms with Gasteiger partial charge in [0.05, 0.1) is 6.33 Å². The van der Waals surface area contributed by atoms with Gasteiger partial charge in [0.2, 0.25) is 0 Å². The molecule has 0 fully saturated rings. The van der Waals surface area contributed by atoms with E-state index in [0.29, 0.717) is 9.39 Å². The summed E-state index contributed by atoms with van der Waals surface area (Å²) in [5, 5.41) is 3.25. The van der Waals surface area contributed by atoms with Gasteiger partial charge in [-0.2, -0.15) is 0 Å². The molecule has 0 bridgehead atoms. The summed E-state index contributed by atoms with van der Waals surface area (Å²) in [6, 6.07) is 0.250. The third kappa shape index (κ3) is 3.19. The van der Waals surface area contributed by atoms with Gasteiger partial charge >= 0.3 is 0 Å². The van der Waals surface area contributed by atoms with Crippen molar-refractivity contribution < 1.29 is 0 Å². The zero-order chi connectivity index (χ0) is 11.6. The fourth-order valence-electron chi connectivity index (χ4n) is 0.905. The molecule has 0 aliphatic heterocycles. The lowest BCUT2D eigenvalue weighted by atomic mass is 9.88. The number of anilines is 1. The molecule has 1 unspecified atom stereocenters. The van der Waals surface area contributed by atoms with E-state index in [1.54, 1.807) is 0 Å². The molecule has 0 aliphatic carbocycles. The molecule has 1 heterocycles. The fraction of sp³-hybridized carbons (Fsp3) is 0.600. The summed E-state index contributed by atoms with van der Waals surface area (Å²) in [4.78, 5) is 18.0. The number of nitrogens with one attached hydrogen (secondary N) is 2. The lowest BCUT2D eigenvalue weighted by Crippen LogP contribution is -2.32. The van der Waals surface area contributed by atoms with Crippen molar-refractivity contribution in [3.05, 3.63) is 20.3 Å². The van der Waals surface area contributed by atoms with E-state index < -0.39 is 0 Å². The third-order valence-electron chi connectivity index (χ3n) is 2.45. The van der Waals surface area contributed by atoms with Gasteiger partial charge in [0.25, 0.3) is 5.56 Å². The van der Waals surface area contributed by atoms with Crippen molar-refractivity contribution in [2.75, 3.05) is 5.32 Å². The SMILES string of the molecule is CC(Nc1nc[nH]c(=O)c1I)C(C)(C)C. The molecule has 0 aliphatic rings. The van der Waals surface area contributed by atoms with Gasteiger partial charge in [0, 0.05) is 6.04 Å². The Morgan fingerprint density at radius 2 is 2.13 bits per heavy atom. The Hall–Kier alpha value is -0.590. The molecule has 15 heavy (non-hydrogen) atoms. The fourth-order valence-corrected chi connectivity index (χ4v) is 1.36. The molecule has 0 aromatic carbocycles. The predicted octanol–water partition coefficient (Wildman–Crippen LogP) is 2.22. The molecular weight excluding hydrogens is 305 g/mol. The largest absolute Gasteiger partial charge is 0.366 e. The Morgan fingerprint density at radius 3 is 2.67 bits per heavy atom. The van der Waals surface area contributed by atoms with Crippen LogP contribution in [0.25, 0.3) is 0 Å². The quantitative estimate of drug-likeness (QED) is 0.821. The zero-order valence-corrected chi connectivity index (χ0v) is 11.5. The van der Waals surface area contributed by atoms with E-state index in [2.05, 4.69) is 43.0 Å². The highest BCUT2D eigenvalue weighted by atomic mass is 127. The maximum Gasteiger partial charge on any atom is 0.266 e. The first kappa shape index (κ1) is 12.5. The van der Waals surface area contributed by atoms with Crippen LogP contribution < -0.4 is 10.9 Å². The molecule has 2 N–H and O–H groups in total. The molecule has 0 radical (unpaired) electrons. The third-order valence-corrected chi connectivity index (χ3v) is 3.45. The summed E-state index contributed by atoms with van der Waals surface area (Å²) in [7, 11) is 0. The van der Waals surface area contributed by atoms with Crippen LogP contribution in [-0.4, -0.2) is 16.0 Å². The average Bonchev–Trinajstić information content (AvgIpc) is 2.11. The van der Waals surface area contributed by atoms with E-state index in [9.17, 15) is 4.79 Å². The summed E-state index contributed by atoms with van der Waals surface area (Å²) in [5.41, 5.74) is 0.0297. The topological polar surface area (TPSA) is 57.8 Å². The Morgan fingerprint density at radius 1 is 1.53 bits per heavy atom. The summed E-state index contributed by atoms with van der Waals surface area (Å²) in [5.74, 6) is 0.654. The molecule has 0 saturated heterocycles. The lowest BCUT2D eigenvalue weighted by Gasteiger charge is -2.28. The van der Waals surface area contributed by atoms with Crippen molar-refractivity contribution in [3.8, 4) is 0 Å². The standard InChI is InChI=1S/C10H16IN3O/c1-6(10(2,3)4)14-8-7(11)9(15)13-5-12-8/h5-6H,1-4H3,(H2,12,13,14,15). The van der Waals surface area contributed by atoms with Crippen molar-refractivity contribution in [2.45, 2.75) is 33.7 Å². The number of aromatic amines is 1. The molecule has 1 rings (SSSR count). The minimum atomic E-state index is -0.103. The van der Waals surface area contributed by atoms with Crippen LogP contribution in [0, 0.1) is 8.99 Å². The maximum atomic E-state index is 11.3. The Kier molecular flexibility index (Phi) is 3.75. The van der Waals surface area contributed by atoms with Crippen LogP contribution in [0.4, 0.5) is 5.82 Å². The average molecular weight is 321 g/mol. The van der Waals surface area contributed by atoms with E-state index in [0.717, 1.165) is 0 Å². The normalized spacial score (nSPS) is 13.7. The molecule has 4 nitrogen and oxygen atoms in total.